The summed E-state index contributed by atoms with van der Waals surface area (Å²) in [5, 5.41) is 19.6. The first-order chi connectivity index (χ1) is 12.0. The van der Waals surface area contributed by atoms with Gasteiger partial charge in [0.15, 0.2) is 0 Å². The number of aromatic nitrogens is 2. The normalized spacial score (nSPS) is 12.6. The van der Waals surface area contributed by atoms with Crippen molar-refractivity contribution in [2.45, 2.75) is 38.7 Å². The molecule has 25 heavy (non-hydrogen) atoms. The molecule has 1 aromatic carbocycles. The van der Waals surface area contributed by atoms with Crippen LogP contribution in [0.3, 0.4) is 0 Å². The van der Waals surface area contributed by atoms with Gasteiger partial charge in [-0.1, -0.05) is 24.9 Å². The number of aliphatic hydroxyl groups excluding tert-OH is 1. The van der Waals surface area contributed by atoms with E-state index in [2.05, 4.69) is 4.98 Å². The van der Waals surface area contributed by atoms with Gasteiger partial charge in [-0.25, -0.2) is 4.98 Å². The molecule has 0 bridgehead atoms. The number of fused-ring (bicyclic) bond motifs is 1. The van der Waals surface area contributed by atoms with Crippen molar-refractivity contribution < 1.29 is 10.2 Å². The summed E-state index contributed by atoms with van der Waals surface area (Å²) in [5.41, 5.74) is 1.05. The van der Waals surface area contributed by atoms with Gasteiger partial charge in [0, 0.05) is 4.88 Å². The van der Waals surface area contributed by atoms with Crippen molar-refractivity contribution in [1.29, 1.82) is 0 Å². The lowest BCUT2D eigenvalue weighted by Gasteiger charge is -2.06. The van der Waals surface area contributed by atoms with E-state index < -0.39 is 0 Å². The lowest BCUT2D eigenvalue weighted by Crippen LogP contribution is -2.17. The summed E-state index contributed by atoms with van der Waals surface area (Å²) < 4.78 is 1.99. The van der Waals surface area contributed by atoms with Crippen LogP contribution >= 0.6 is 22.9 Å². The monoisotopic (exact) mass is 378 g/mol. The van der Waals surface area contributed by atoms with Gasteiger partial charge in [-0.2, -0.15) is 0 Å². The molecule has 3 rings (SSSR count). The number of aromatic hydroxyl groups is 1. The highest BCUT2D eigenvalue weighted by molar-refractivity contribution is 7.18. The molecule has 0 aliphatic rings. The summed E-state index contributed by atoms with van der Waals surface area (Å²) in [5.74, 6) is -0.0310. The molecule has 2 aromatic heterocycles. The van der Waals surface area contributed by atoms with E-state index in [9.17, 15) is 15.0 Å². The number of hydrogen-bond donors (Lipinski definition) is 2. The topological polar surface area (TPSA) is 75.3 Å². The quantitative estimate of drug-likeness (QED) is 0.682. The smallest absolute Gasteiger partial charge is 0.275 e. The minimum absolute atomic E-state index is 0.0310. The Kier molecular flexibility index (Phi) is 5.42. The average molecular weight is 379 g/mol. The van der Waals surface area contributed by atoms with Crippen LogP contribution in [0, 0.1) is 0 Å². The molecule has 0 spiro atoms. The third-order valence-electron chi connectivity index (χ3n) is 4.04. The number of aliphatic hydroxyl groups is 1. The Hall–Kier alpha value is -1.89. The van der Waals surface area contributed by atoms with Gasteiger partial charge in [0.25, 0.3) is 5.56 Å². The number of phenolic OH excluding ortho intramolecular Hbond substituents is 1. The number of phenols is 1. The molecule has 5 nitrogen and oxygen atoms in total. The van der Waals surface area contributed by atoms with Crippen LogP contribution in [0.4, 0.5) is 0 Å². The molecule has 0 saturated carbocycles. The maximum atomic E-state index is 12.8. The van der Waals surface area contributed by atoms with Gasteiger partial charge in [-0.05, 0) is 43.5 Å². The van der Waals surface area contributed by atoms with Crippen molar-refractivity contribution in [3.63, 3.8) is 0 Å². The predicted octanol–water partition coefficient (Wildman–Crippen LogP) is 3.90. The van der Waals surface area contributed by atoms with Crippen molar-refractivity contribution in [3.05, 3.63) is 50.8 Å². The molecule has 0 fully saturated rings. The summed E-state index contributed by atoms with van der Waals surface area (Å²) in [6.45, 7) is 2.05. The molecule has 0 saturated heterocycles. The van der Waals surface area contributed by atoms with Gasteiger partial charge in [0.1, 0.15) is 16.8 Å². The Labute approximate surface area is 154 Å². The second-order valence-electron chi connectivity index (χ2n) is 5.96. The number of halogens is 1. The molecule has 132 valence electrons. The summed E-state index contributed by atoms with van der Waals surface area (Å²) in [7, 11) is 0. The molecule has 1 atom stereocenters. The molecule has 0 amide bonds. The number of nitrogens with zero attached hydrogens (tertiary/aromatic N) is 2. The maximum absolute atomic E-state index is 12.8. The zero-order valence-electron chi connectivity index (χ0n) is 13.8. The molecule has 2 N–H and O–H groups in total. The van der Waals surface area contributed by atoms with Crippen LogP contribution in [0.25, 0.3) is 15.9 Å². The van der Waals surface area contributed by atoms with Crippen molar-refractivity contribution in [3.8, 4) is 11.4 Å². The van der Waals surface area contributed by atoms with Crippen molar-refractivity contribution in [1.82, 2.24) is 9.55 Å². The number of benzene rings is 1. The van der Waals surface area contributed by atoms with Gasteiger partial charge in [-0.3, -0.25) is 9.36 Å². The van der Waals surface area contributed by atoms with Gasteiger partial charge in [-0.15, -0.1) is 11.3 Å². The lowest BCUT2D eigenvalue weighted by molar-refractivity contribution is 0.154. The number of thiophene rings is 1. The lowest BCUT2D eigenvalue weighted by atomic mass is 10.1. The summed E-state index contributed by atoms with van der Waals surface area (Å²) in [6.07, 6.45) is 4.32. The van der Waals surface area contributed by atoms with E-state index in [0.29, 0.717) is 22.3 Å². The standard InChI is InChI=1S/C18H19ClN2O3S/c1-2-3-12(22)5-6-13-9-15-17(25-13)18(24)21(10-20-15)11-4-7-16(23)14(19)8-11/h4,7-10,12,22-23H,2-3,5-6H2,1H3. The fraction of sp³-hybridized carbons (Fsp3) is 0.333. The van der Waals surface area contributed by atoms with E-state index in [4.69, 9.17) is 11.6 Å². The van der Waals surface area contributed by atoms with Crippen LogP contribution in [0.1, 0.15) is 31.1 Å². The number of rotatable bonds is 6. The zero-order chi connectivity index (χ0) is 18.0. The SMILES string of the molecule is CCCC(O)CCc1cc2ncn(-c3ccc(O)c(Cl)c3)c(=O)c2s1. The minimum atomic E-state index is -0.307. The fourth-order valence-electron chi connectivity index (χ4n) is 2.70. The van der Waals surface area contributed by atoms with Crippen molar-refractivity contribution >= 4 is 33.2 Å². The fourth-order valence-corrected chi connectivity index (χ4v) is 3.93. The Bertz CT molecular complexity index is 951. The van der Waals surface area contributed by atoms with Gasteiger partial charge < -0.3 is 10.2 Å². The molecule has 3 aromatic rings. The summed E-state index contributed by atoms with van der Waals surface area (Å²) >= 11 is 7.34. The molecule has 0 aliphatic heterocycles. The average Bonchev–Trinajstić information content (AvgIpc) is 3.00. The third-order valence-corrected chi connectivity index (χ3v) is 5.52. The van der Waals surface area contributed by atoms with E-state index in [-0.39, 0.29) is 22.4 Å². The van der Waals surface area contributed by atoms with Crippen molar-refractivity contribution in [2.24, 2.45) is 0 Å². The molecule has 2 heterocycles. The third kappa shape index (κ3) is 3.86. The van der Waals surface area contributed by atoms with Gasteiger partial charge in [0.05, 0.1) is 22.3 Å². The molecule has 0 radical (unpaired) electrons. The van der Waals surface area contributed by atoms with Gasteiger partial charge >= 0.3 is 0 Å². The van der Waals surface area contributed by atoms with E-state index in [1.54, 1.807) is 6.07 Å². The second kappa shape index (κ2) is 7.56. The summed E-state index contributed by atoms with van der Waals surface area (Å²) in [4.78, 5) is 18.2. The number of aryl methyl sites for hydroxylation is 1. The van der Waals surface area contributed by atoms with Crippen LogP contribution in [0.15, 0.2) is 35.4 Å². The van der Waals surface area contributed by atoms with E-state index in [1.807, 2.05) is 13.0 Å². The van der Waals surface area contributed by atoms with Gasteiger partial charge in [0.2, 0.25) is 0 Å². The second-order valence-corrected chi connectivity index (χ2v) is 7.51. The minimum Gasteiger partial charge on any atom is -0.506 e. The maximum Gasteiger partial charge on any atom is 0.275 e. The van der Waals surface area contributed by atoms with Crippen LogP contribution in [0.2, 0.25) is 5.02 Å². The van der Waals surface area contributed by atoms with Crippen LogP contribution in [-0.2, 0) is 6.42 Å². The first-order valence-corrected chi connectivity index (χ1v) is 9.36. The molecular weight excluding hydrogens is 360 g/mol. The number of hydrogen-bond acceptors (Lipinski definition) is 5. The molecule has 7 heteroatoms. The molecular formula is C18H19ClN2O3S. The Morgan fingerprint density at radius 2 is 2.12 bits per heavy atom. The molecule has 0 aliphatic carbocycles. The van der Waals surface area contributed by atoms with Crippen LogP contribution in [0.5, 0.6) is 5.75 Å². The highest BCUT2D eigenvalue weighted by Gasteiger charge is 2.12. The zero-order valence-corrected chi connectivity index (χ0v) is 15.3. The first-order valence-electron chi connectivity index (χ1n) is 8.16. The van der Waals surface area contributed by atoms with Crippen molar-refractivity contribution in [2.75, 3.05) is 0 Å². The molecule has 1 unspecified atom stereocenters. The summed E-state index contributed by atoms with van der Waals surface area (Å²) in [6, 6.07) is 6.50. The van der Waals surface area contributed by atoms with E-state index >= 15 is 0 Å². The largest absolute Gasteiger partial charge is 0.506 e. The van der Waals surface area contributed by atoms with Crippen LogP contribution in [-0.4, -0.2) is 25.9 Å². The predicted molar refractivity (Wildman–Crippen MR) is 101 cm³/mol. The highest BCUT2D eigenvalue weighted by atomic mass is 35.5. The first kappa shape index (κ1) is 17.9. The Morgan fingerprint density at radius 3 is 2.84 bits per heavy atom. The van der Waals surface area contributed by atoms with E-state index in [0.717, 1.165) is 24.1 Å². The highest BCUT2D eigenvalue weighted by Crippen LogP contribution is 2.26. The van der Waals surface area contributed by atoms with E-state index in [1.165, 1.54) is 34.4 Å². The van der Waals surface area contributed by atoms with Crippen LogP contribution < -0.4 is 5.56 Å². The Balaban J connectivity index is 1.92. The Morgan fingerprint density at radius 1 is 1.32 bits per heavy atom.